The molecule has 8 nitrogen and oxygen atoms in total. The molecule has 1 aliphatic carbocycles. The van der Waals surface area contributed by atoms with Gasteiger partial charge in [0, 0.05) is 24.2 Å². The number of halogens is 1. The van der Waals surface area contributed by atoms with Crippen LogP contribution in [0.25, 0.3) is 0 Å². The monoisotopic (exact) mass is 482 g/mol. The molecule has 180 valence electrons. The van der Waals surface area contributed by atoms with Crippen molar-refractivity contribution in [1.82, 2.24) is 15.0 Å². The predicted octanol–water partition coefficient (Wildman–Crippen LogP) is 5.51. The Kier molecular flexibility index (Phi) is 8.25. The van der Waals surface area contributed by atoms with Crippen LogP contribution in [-0.4, -0.2) is 35.2 Å². The van der Waals surface area contributed by atoms with E-state index in [0.29, 0.717) is 53.5 Å². The van der Waals surface area contributed by atoms with Crippen LogP contribution < -0.4 is 25.4 Å². The molecular formula is C25H31ClN6O2. The van der Waals surface area contributed by atoms with Crippen LogP contribution in [0.5, 0.6) is 11.5 Å². The summed E-state index contributed by atoms with van der Waals surface area (Å²) in [5.41, 5.74) is 2.11. The third-order valence-electron chi connectivity index (χ3n) is 5.84. The van der Waals surface area contributed by atoms with Gasteiger partial charge in [-0.25, -0.2) is 0 Å². The van der Waals surface area contributed by atoms with E-state index < -0.39 is 0 Å². The van der Waals surface area contributed by atoms with Crippen molar-refractivity contribution in [2.24, 2.45) is 0 Å². The Hall–Kier alpha value is -3.26. The van der Waals surface area contributed by atoms with E-state index >= 15 is 0 Å². The summed E-state index contributed by atoms with van der Waals surface area (Å²) in [6.07, 6.45) is 6.02. The zero-order chi connectivity index (χ0) is 23.8. The molecule has 0 unspecified atom stereocenters. The highest BCUT2D eigenvalue weighted by Crippen LogP contribution is 2.28. The molecular weight excluding hydrogens is 452 g/mol. The SMILES string of the molecule is COc1ccc(CNc2nc(NCc3ccc(Cl)cc3)nc(NC3CCCCC3)n2)cc1OC. The van der Waals surface area contributed by atoms with E-state index in [-0.39, 0.29) is 0 Å². The van der Waals surface area contributed by atoms with Crippen molar-refractivity contribution in [3.63, 3.8) is 0 Å². The molecule has 0 amide bonds. The van der Waals surface area contributed by atoms with Crippen molar-refractivity contribution < 1.29 is 9.47 Å². The Morgan fingerprint density at radius 1 is 0.765 bits per heavy atom. The molecule has 1 aliphatic rings. The Balaban J connectivity index is 1.49. The molecule has 0 bridgehead atoms. The standard InChI is InChI=1S/C25H31ClN6O2/c1-33-21-13-10-18(14-22(21)34-2)16-28-24-30-23(27-15-17-8-11-19(26)12-9-17)31-25(32-24)29-20-6-4-3-5-7-20/h8-14,20H,3-7,15-16H2,1-2H3,(H3,27,28,29,30,31,32). The predicted molar refractivity (Wildman–Crippen MR) is 136 cm³/mol. The number of rotatable bonds is 10. The van der Waals surface area contributed by atoms with Gasteiger partial charge >= 0.3 is 0 Å². The zero-order valence-electron chi connectivity index (χ0n) is 19.6. The van der Waals surface area contributed by atoms with Gasteiger partial charge in [-0.1, -0.05) is 49.1 Å². The van der Waals surface area contributed by atoms with Crippen molar-refractivity contribution in [2.75, 3.05) is 30.2 Å². The average Bonchev–Trinajstić information content (AvgIpc) is 2.87. The van der Waals surface area contributed by atoms with Gasteiger partial charge in [0.15, 0.2) is 11.5 Å². The topological polar surface area (TPSA) is 93.2 Å². The van der Waals surface area contributed by atoms with Gasteiger partial charge in [0.1, 0.15) is 0 Å². The molecule has 2 aromatic carbocycles. The quantitative estimate of drug-likeness (QED) is 0.348. The fourth-order valence-electron chi connectivity index (χ4n) is 3.98. The number of nitrogens with zero attached hydrogens (tertiary/aromatic N) is 3. The van der Waals surface area contributed by atoms with E-state index in [4.69, 9.17) is 21.1 Å². The summed E-state index contributed by atoms with van der Waals surface area (Å²) >= 11 is 6.00. The van der Waals surface area contributed by atoms with E-state index in [0.717, 1.165) is 24.0 Å². The van der Waals surface area contributed by atoms with Crippen LogP contribution in [0.3, 0.4) is 0 Å². The molecule has 0 spiro atoms. The summed E-state index contributed by atoms with van der Waals surface area (Å²) in [7, 11) is 3.25. The first-order chi connectivity index (χ1) is 16.6. The number of nitrogens with one attached hydrogen (secondary N) is 3. The fourth-order valence-corrected chi connectivity index (χ4v) is 4.11. The minimum Gasteiger partial charge on any atom is -0.493 e. The van der Waals surface area contributed by atoms with Crippen molar-refractivity contribution in [3.05, 3.63) is 58.6 Å². The highest BCUT2D eigenvalue weighted by atomic mass is 35.5. The summed E-state index contributed by atoms with van der Waals surface area (Å²) in [5, 5.41) is 10.8. The van der Waals surface area contributed by atoms with E-state index in [1.807, 2.05) is 42.5 Å². The van der Waals surface area contributed by atoms with Crippen molar-refractivity contribution in [1.29, 1.82) is 0 Å². The van der Waals surface area contributed by atoms with Gasteiger partial charge in [-0.3, -0.25) is 0 Å². The number of methoxy groups -OCH3 is 2. The molecule has 1 heterocycles. The molecule has 4 rings (SSSR count). The molecule has 3 aromatic rings. The Bertz CT molecular complexity index is 1070. The van der Waals surface area contributed by atoms with Crippen molar-refractivity contribution in [3.8, 4) is 11.5 Å². The zero-order valence-corrected chi connectivity index (χ0v) is 20.4. The normalized spacial score (nSPS) is 13.9. The van der Waals surface area contributed by atoms with Crippen molar-refractivity contribution >= 4 is 29.4 Å². The third-order valence-corrected chi connectivity index (χ3v) is 6.09. The van der Waals surface area contributed by atoms with Gasteiger partial charge in [0.2, 0.25) is 17.8 Å². The molecule has 9 heteroatoms. The molecule has 0 atom stereocenters. The van der Waals surface area contributed by atoms with Crippen LogP contribution in [0.2, 0.25) is 5.02 Å². The lowest BCUT2D eigenvalue weighted by Crippen LogP contribution is -2.24. The molecule has 0 saturated heterocycles. The third kappa shape index (κ3) is 6.63. The van der Waals surface area contributed by atoms with Gasteiger partial charge in [-0.05, 0) is 48.2 Å². The molecule has 3 N–H and O–H groups in total. The Morgan fingerprint density at radius 2 is 1.35 bits per heavy atom. The van der Waals surface area contributed by atoms with Crippen LogP contribution in [-0.2, 0) is 13.1 Å². The van der Waals surface area contributed by atoms with Gasteiger partial charge < -0.3 is 25.4 Å². The lowest BCUT2D eigenvalue weighted by molar-refractivity contribution is 0.354. The highest BCUT2D eigenvalue weighted by molar-refractivity contribution is 6.30. The first-order valence-corrected chi connectivity index (χ1v) is 12.0. The number of hydrogen-bond acceptors (Lipinski definition) is 8. The Labute approximate surface area is 205 Å². The van der Waals surface area contributed by atoms with Gasteiger partial charge in [0.25, 0.3) is 0 Å². The molecule has 0 aliphatic heterocycles. The van der Waals surface area contributed by atoms with Crippen molar-refractivity contribution in [2.45, 2.75) is 51.2 Å². The molecule has 1 fully saturated rings. The number of ether oxygens (including phenoxy) is 2. The minimum atomic E-state index is 0.388. The van der Waals surface area contributed by atoms with Gasteiger partial charge in [0.05, 0.1) is 14.2 Å². The summed E-state index contributed by atoms with van der Waals surface area (Å²) in [5.74, 6) is 2.97. The van der Waals surface area contributed by atoms with Gasteiger partial charge in [-0.2, -0.15) is 15.0 Å². The number of benzene rings is 2. The van der Waals surface area contributed by atoms with Crippen LogP contribution >= 0.6 is 11.6 Å². The van der Waals surface area contributed by atoms with Crippen LogP contribution in [0.4, 0.5) is 17.8 Å². The first kappa shape index (κ1) is 23.9. The maximum Gasteiger partial charge on any atom is 0.229 e. The Morgan fingerprint density at radius 3 is 2.00 bits per heavy atom. The lowest BCUT2D eigenvalue weighted by Gasteiger charge is -2.23. The van der Waals surface area contributed by atoms with Gasteiger partial charge in [-0.15, -0.1) is 0 Å². The summed E-state index contributed by atoms with van der Waals surface area (Å²) in [6, 6.07) is 13.9. The number of aromatic nitrogens is 3. The maximum absolute atomic E-state index is 6.00. The summed E-state index contributed by atoms with van der Waals surface area (Å²) in [6.45, 7) is 1.11. The summed E-state index contributed by atoms with van der Waals surface area (Å²) < 4.78 is 10.7. The van der Waals surface area contributed by atoms with Crippen LogP contribution in [0, 0.1) is 0 Å². The first-order valence-electron chi connectivity index (χ1n) is 11.6. The number of hydrogen-bond donors (Lipinski definition) is 3. The van der Waals surface area contributed by atoms with Crippen LogP contribution in [0.15, 0.2) is 42.5 Å². The minimum absolute atomic E-state index is 0.388. The lowest BCUT2D eigenvalue weighted by atomic mass is 9.96. The fraction of sp³-hybridized carbons (Fsp3) is 0.400. The van der Waals surface area contributed by atoms with E-state index in [1.165, 1.54) is 19.3 Å². The van der Waals surface area contributed by atoms with E-state index in [1.54, 1.807) is 14.2 Å². The average molecular weight is 483 g/mol. The smallest absolute Gasteiger partial charge is 0.229 e. The van der Waals surface area contributed by atoms with E-state index in [2.05, 4.69) is 30.9 Å². The van der Waals surface area contributed by atoms with Crippen LogP contribution in [0.1, 0.15) is 43.2 Å². The molecule has 0 radical (unpaired) electrons. The largest absolute Gasteiger partial charge is 0.493 e. The highest BCUT2D eigenvalue weighted by Gasteiger charge is 2.16. The molecule has 34 heavy (non-hydrogen) atoms. The second kappa shape index (κ2) is 11.7. The maximum atomic E-state index is 6.00. The second-order valence-electron chi connectivity index (χ2n) is 8.31. The number of anilines is 3. The molecule has 1 aromatic heterocycles. The van der Waals surface area contributed by atoms with E-state index in [9.17, 15) is 0 Å². The second-order valence-corrected chi connectivity index (χ2v) is 8.74. The summed E-state index contributed by atoms with van der Waals surface area (Å²) in [4.78, 5) is 13.8. The molecule has 1 saturated carbocycles.